The van der Waals surface area contributed by atoms with Crippen LogP contribution >= 0.6 is 0 Å². The summed E-state index contributed by atoms with van der Waals surface area (Å²) in [7, 11) is 0. The molecule has 5 aromatic rings. The number of benzene rings is 2. The van der Waals surface area contributed by atoms with E-state index >= 15 is 0 Å². The lowest BCUT2D eigenvalue weighted by molar-refractivity contribution is 0.00712. The Morgan fingerprint density at radius 1 is 0.950 bits per heavy atom. The molecule has 10 heteroatoms. The highest BCUT2D eigenvalue weighted by Gasteiger charge is 2.29. The molecule has 0 atom stereocenters. The summed E-state index contributed by atoms with van der Waals surface area (Å²) in [6, 6.07) is 13.1. The lowest BCUT2D eigenvalue weighted by Gasteiger charge is -2.38. The number of nitrogens with one attached hydrogen (secondary N) is 3. The number of morpholine rings is 1. The molecule has 0 bridgehead atoms. The number of aromatic amines is 2. The fourth-order valence-electron chi connectivity index (χ4n) is 6.27. The first-order valence-corrected chi connectivity index (χ1v) is 14.2. The van der Waals surface area contributed by atoms with Gasteiger partial charge in [-0.15, -0.1) is 0 Å². The van der Waals surface area contributed by atoms with Crippen LogP contribution < -0.4 is 11.1 Å². The van der Waals surface area contributed by atoms with Crippen LogP contribution in [0.5, 0.6) is 0 Å². The maximum Gasteiger partial charge on any atom is 0.161 e. The number of anilines is 3. The molecule has 206 valence electrons. The number of rotatable bonds is 5. The van der Waals surface area contributed by atoms with E-state index in [1.807, 2.05) is 12.1 Å². The Hall–Kier alpha value is -4.02. The summed E-state index contributed by atoms with van der Waals surface area (Å²) in [6.45, 7) is 7.94. The maximum atomic E-state index is 6.56. The minimum absolute atomic E-state index is 0.319. The molecule has 1 aliphatic heterocycles. The Morgan fingerprint density at radius 2 is 1.77 bits per heavy atom. The van der Waals surface area contributed by atoms with Gasteiger partial charge in [-0.05, 0) is 68.9 Å². The molecule has 0 spiro atoms. The number of fused-ring (bicyclic) bond motifs is 2. The van der Waals surface area contributed by atoms with Gasteiger partial charge in [0.2, 0.25) is 0 Å². The summed E-state index contributed by atoms with van der Waals surface area (Å²) >= 11 is 0. The van der Waals surface area contributed by atoms with Gasteiger partial charge in [-0.25, -0.2) is 9.97 Å². The molecule has 1 aliphatic carbocycles. The number of aryl methyl sites for hydroxylation is 2. The Kier molecular flexibility index (Phi) is 6.36. The van der Waals surface area contributed by atoms with E-state index in [0.717, 1.165) is 96.9 Å². The van der Waals surface area contributed by atoms with Crippen LogP contribution in [0.2, 0.25) is 0 Å². The van der Waals surface area contributed by atoms with Crippen molar-refractivity contribution in [1.82, 2.24) is 35.3 Å². The van der Waals surface area contributed by atoms with Gasteiger partial charge in [0.25, 0.3) is 0 Å². The van der Waals surface area contributed by atoms with Crippen LogP contribution in [0.4, 0.5) is 17.3 Å². The molecule has 0 radical (unpaired) electrons. The van der Waals surface area contributed by atoms with Crippen molar-refractivity contribution in [1.29, 1.82) is 0 Å². The molecule has 2 fully saturated rings. The number of hydrogen-bond acceptors (Lipinski definition) is 8. The van der Waals surface area contributed by atoms with Crippen LogP contribution in [0.3, 0.4) is 0 Å². The van der Waals surface area contributed by atoms with Gasteiger partial charge < -0.3 is 15.8 Å². The van der Waals surface area contributed by atoms with Crippen molar-refractivity contribution in [2.45, 2.75) is 51.5 Å². The number of H-pyrrole nitrogens is 2. The molecule has 40 heavy (non-hydrogen) atoms. The van der Waals surface area contributed by atoms with Crippen molar-refractivity contribution >= 4 is 39.3 Å². The number of nitrogens with two attached hydrogens (primary N) is 1. The average molecular weight is 538 g/mol. The normalized spacial score (nSPS) is 20.4. The van der Waals surface area contributed by atoms with Gasteiger partial charge >= 0.3 is 0 Å². The fraction of sp³-hybridized carbons (Fsp3) is 0.400. The molecule has 2 aliphatic rings. The van der Waals surface area contributed by atoms with Gasteiger partial charge in [0.05, 0.1) is 24.1 Å². The lowest BCUT2D eigenvalue weighted by Crippen LogP contribution is -2.44. The largest absolute Gasteiger partial charge is 0.383 e. The molecule has 2 aromatic carbocycles. The van der Waals surface area contributed by atoms with Crippen molar-refractivity contribution in [3.63, 3.8) is 0 Å². The first-order valence-electron chi connectivity index (χ1n) is 14.2. The van der Waals surface area contributed by atoms with Crippen LogP contribution in [0.25, 0.3) is 33.2 Å². The van der Waals surface area contributed by atoms with Crippen molar-refractivity contribution in [3.05, 3.63) is 53.3 Å². The minimum atomic E-state index is 0.319. The smallest absolute Gasteiger partial charge is 0.161 e. The van der Waals surface area contributed by atoms with Crippen molar-refractivity contribution in [2.75, 3.05) is 37.4 Å². The first kappa shape index (κ1) is 25.0. The zero-order chi connectivity index (χ0) is 27.2. The molecule has 7 rings (SSSR count). The highest BCUT2D eigenvalue weighted by atomic mass is 16.5. The number of ether oxygens (including phenoxy) is 1. The number of nitrogen functional groups attached to an aromatic ring is 1. The van der Waals surface area contributed by atoms with Crippen LogP contribution in [-0.2, 0) is 4.74 Å². The van der Waals surface area contributed by atoms with Crippen LogP contribution in [-0.4, -0.2) is 67.6 Å². The number of aromatic nitrogens is 6. The Morgan fingerprint density at radius 3 is 2.60 bits per heavy atom. The molecule has 10 nitrogen and oxygen atoms in total. The predicted octanol–water partition coefficient (Wildman–Crippen LogP) is 5.20. The molecule has 1 saturated heterocycles. The monoisotopic (exact) mass is 537 g/mol. The second-order valence-electron chi connectivity index (χ2n) is 11.2. The summed E-state index contributed by atoms with van der Waals surface area (Å²) in [6.07, 6.45) is 4.46. The Labute approximate surface area is 232 Å². The van der Waals surface area contributed by atoms with Gasteiger partial charge in [0, 0.05) is 41.7 Å². The van der Waals surface area contributed by atoms with Crippen LogP contribution in [0, 0.1) is 13.8 Å². The summed E-state index contributed by atoms with van der Waals surface area (Å²) in [5.41, 5.74) is 13.2. The van der Waals surface area contributed by atoms with E-state index in [9.17, 15) is 0 Å². The fourth-order valence-corrected chi connectivity index (χ4v) is 6.27. The van der Waals surface area contributed by atoms with Gasteiger partial charge in [-0.2, -0.15) is 10.2 Å². The lowest BCUT2D eigenvalue weighted by atomic mass is 9.84. The van der Waals surface area contributed by atoms with Crippen LogP contribution in [0.15, 0.2) is 36.4 Å². The third kappa shape index (κ3) is 4.56. The second-order valence-corrected chi connectivity index (χ2v) is 11.2. The third-order valence-corrected chi connectivity index (χ3v) is 8.57. The highest BCUT2D eigenvalue weighted by Crippen LogP contribution is 2.37. The average Bonchev–Trinajstić information content (AvgIpc) is 3.60. The highest BCUT2D eigenvalue weighted by molar-refractivity contribution is 6.01. The SMILES string of the molecule is Cc1ccc(C)c(Nc2n[nH]c3cc(-c4n[nH]c5nc([C@H]6CC[C@H](N7CCOCC7)CC6)nc(N)c45)ccc23)c1. The minimum Gasteiger partial charge on any atom is -0.383 e. The molecular formula is C30H35N9O. The zero-order valence-electron chi connectivity index (χ0n) is 23.0. The third-order valence-electron chi connectivity index (χ3n) is 8.57. The Bertz CT molecular complexity index is 1680. The standard InChI is InChI=1S/C30H35N9O/c1-17-3-4-18(2)23(15-17)32-29-22-10-7-20(16-24(22)35-37-29)26-25-27(31)33-28(34-30(25)38-36-26)19-5-8-21(9-6-19)39-11-13-40-14-12-39/h3-4,7,10,15-16,19,21H,5-6,8-9,11-14H2,1-2H3,(H2,32,35,37)(H3,31,33,34,36,38)/t19-,21-. The zero-order valence-corrected chi connectivity index (χ0v) is 23.0. The molecule has 4 heterocycles. The summed E-state index contributed by atoms with van der Waals surface area (Å²) in [5.74, 6) is 2.41. The van der Waals surface area contributed by atoms with E-state index < -0.39 is 0 Å². The molecule has 0 amide bonds. The maximum absolute atomic E-state index is 6.56. The van der Waals surface area contributed by atoms with Gasteiger partial charge in [-0.1, -0.05) is 18.2 Å². The van der Waals surface area contributed by atoms with E-state index in [4.69, 9.17) is 20.4 Å². The van der Waals surface area contributed by atoms with Gasteiger partial charge in [0.1, 0.15) is 17.3 Å². The van der Waals surface area contributed by atoms with Crippen molar-refractivity contribution in [2.24, 2.45) is 0 Å². The van der Waals surface area contributed by atoms with Crippen molar-refractivity contribution in [3.8, 4) is 11.3 Å². The van der Waals surface area contributed by atoms with E-state index in [2.05, 4.69) is 68.7 Å². The van der Waals surface area contributed by atoms with Gasteiger partial charge in [0.15, 0.2) is 11.5 Å². The topological polar surface area (TPSA) is 134 Å². The van der Waals surface area contributed by atoms with E-state index in [1.165, 1.54) is 11.1 Å². The second kappa shape index (κ2) is 10.2. The molecule has 1 saturated carbocycles. The molecule has 5 N–H and O–H groups in total. The van der Waals surface area contributed by atoms with E-state index in [1.54, 1.807) is 0 Å². The molecule has 3 aromatic heterocycles. The molecule has 0 unspecified atom stereocenters. The summed E-state index contributed by atoms with van der Waals surface area (Å²) in [4.78, 5) is 12.3. The number of nitrogens with zero attached hydrogens (tertiary/aromatic N) is 5. The van der Waals surface area contributed by atoms with E-state index in [-0.39, 0.29) is 0 Å². The number of hydrogen-bond donors (Lipinski definition) is 4. The van der Waals surface area contributed by atoms with Crippen molar-refractivity contribution < 1.29 is 4.74 Å². The van der Waals surface area contributed by atoms with Crippen LogP contribution in [0.1, 0.15) is 48.6 Å². The van der Waals surface area contributed by atoms with E-state index in [0.29, 0.717) is 23.4 Å². The quantitative estimate of drug-likeness (QED) is 0.240. The first-order chi connectivity index (χ1) is 19.5. The van der Waals surface area contributed by atoms with Gasteiger partial charge in [-0.3, -0.25) is 15.1 Å². The molecular weight excluding hydrogens is 502 g/mol. The summed E-state index contributed by atoms with van der Waals surface area (Å²) in [5, 5.41) is 20.7. The summed E-state index contributed by atoms with van der Waals surface area (Å²) < 4.78 is 5.53. The Balaban J connectivity index is 1.12. The predicted molar refractivity (Wildman–Crippen MR) is 158 cm³/mol.